The first-order chi connectivity index (χ1) is 4.83. The molecule has 0 spiro atoms. The molecule has 66 valence electrons. The second-order valence-corrected chi connectivity index (χ2v) is 2.06. The molecule has 1 heteroatoms. The van der Waals surface area contributed by atoms with Crippen LogP contribution in [0.25, 0.3) is 0 Å². The molecule has 0 aliphatic rings. The Morgan fingerprint density at radius 1 is 0.800 bits per heavy atom. The highest BCUT2D eigenvalue weighted by atomic mass is 14.4. The summed E-state index contributed by atoms with van der Waals surface area (Å²) in [6.07, 6.45) is 5.33. The predicted molar refractivity (Wildman–Crippen MR) is 51.3 cm³/mol. The Kier molecular flexibility index (Phi) is 59.8. The maximum atomic E-state index is 4.50. The lowest BCUT2D eigenvalue weighted by Gasteiger charge is -1.79. The summed E-state index contributed by atoms with van der Waals surface area (Å²) < 4.78 is 0. The van der Waals surface area contributed by atoms with Crippen LogP contribution < -0.4 is 5.73 Å². The second kappa shape index (κ2) is 36.2. The Hall–Kier alpha value is -0.0400. The molecule has 0 unspecified atom stereocenters. The molecule has 0 atom stereocenters. The number of nitrogens with two attached hydrogens (primary N) is 1. The SMILES string of the molecule is CCC.CCCCC.CN. The minimum atomic E-state index is 1.25. The van der Waals surface area contributed by atoms with E-state index in [4.69, 9.17) is 0 Å². The van der Waals surface area contributed by atoms with Crippen molar-refractivity contribution in [1.29, 1.82) is 0 Å². The van der Waals surface area contributed by atoms with Crippen LogP contribution in [0.5, 0.6) is 0 Å². The van der Waals surface area contributed by atoms with Gasteiger partial charge in [0, 0.05) is 0 Å². The molecule has 0 radical (unpaired) electrons. The lowest BCUT2D eigenvalue weighted by Crippen LogP contribution is -1.69. The van der Waals surface area contributed by atoms with Crippen LogP contribution >= 0.6 is 0 Å². The van der Waals surface area contributed by atoms with Crippen LogP contribution in [0, 0.1) is 0 Å². The van der Waals surface area contributed by atoms with Gasteiger partial charge in [-0.2, -0.15) is 0 Å². The number of hydrogen-bond donors (Lipinski definition) is 1. The van der Waals surface area contributed by atoms with E-state index in [0.717, 1.165) is 0 Å². The summed E-state index contributed by atoms with van der Waals surface area (Å²) in [4.78, 5) is 0. The summed E-state index contributed by atoms with van der Waals surface area (Å²) in [6, 6.07) is 0. The van der Waals surface area contributed by atoms with Crippen LogP contribution in [0.3, 0.4) is 0 Å². The third-order valence-corrected chi connectivity index (χ3v) is 0.707. The Morgan fingerprint density at radius 3 is 1.00 bits per heavy atom. The van der Waals surface area contributed by atoms with Gasteiger partial charge in [-0.3, -0.25) is 0 Å². The second-order valence-electron chi connectivity index (χ2n) is 2.06. The van der Waals surface area contributed by atoms with E-state index >= 15 is 0 Å². The van der Waals surface area contributed by atoms with Gasteiger partial charge < -0.3 is 5.73 Å². The molecule has 0 aromatic carbocycles. The fourth-order valence-corrected chi connectivity index (χ4v) is 0.354. The van der Waals surface area contributed by atoms with Crippen molar-refractivity contribution < 1.29 is 0 Å². The van der Waals surface area contributed by atoms with Gasteiger partial charge in [0.2, 0.25) is 0 Å². The first-order valence-electron chi connectivity index (χ1n) is 4.41. The van der Waals surface area contributed by atoms with Gasteiger partial charge in [0.15, 0.2) is 0 Å². The molecule has 0 aromatic heterocycles. The molecule has 0 aliphatic carbocycles. The Balaban J connectivity index is -0.0000000847. The van der Waals surface area contributed by atoms with E-state index in [1.165, 1.54) is 32.7 Å². The molecule has 0 rings (SSSR count). The molecule has 0 amide bonds. The first-order valence-corrected chi connectivity index (χ1v) is 4.41. The number of unbranched alkanes of at least 4 members (excludes halogenated alkanes) is 2. The predicted octanol–water partition coefficient (Wildman–Crippen LogP) is 3.19. The topological polar surface area (TPSA) is 26.0 Å². The highest BCUT2D eigenvalue weighted by Crippen LogP contribution is 1.88. The zero-order valence-electron chi connectivity index (χ0n) is 8.41. The summed E-state index contributed by atoms with van der Waals surface area (Å²) >= 11 is 0. The van der Waals surface area contributed by atoms with Gasteiger partial charge in [0.1, 0.15) is 0 Å². The van der Waals surface area contributed by atoms with E-state index in [0.29, 0.717) is 0 Å². The Bertz CT molecular complexity index is 18.7. The van der Waals surface area contributed by atoms with Gasteiger partial charge >= 0.3 is 0 Å². The van der Waals surface area contributed by atoms with E-state index in [9.17, 15) is 0 Å². The van der Waals surface area contributed by atoms with Gasteiger partial charge in [-0.15, -0.1) is 0 Å². The van der Waals surface area contributed by atoms with Crippen LogP contribution in [0.15, 0.2) is 0 Å². The average Bonchev–Trinajstić information content (AvgIpc) is 1.96. The van der Waals surface area contributed by atoms with E-state index in [2.05, 4.69) is 33.4 Å². The molecule has 0 saturated carbocycles. The molecule has 10 heavy (non-hydrogen) atoms. The van der Waals surface area contributed by atoms with Gasteiger partial charge in [0.25, 0.3) is 0 Å². The Labute approximate surface area is 67.0 Å². The molecule has 0 bridgehead atoms. The van der Waals surface area contributed by atoms with E-state index in [-0.39, 0.29) is 0 Å². The minimum absolute atomic E-state index is 1.25. The summed E-state index contributed by atoms with van der Waals surface area (Å²) in [5, 5.41) is 0. The standard InChI is InChI=1S/C5H12.C3H8.CH5N/c1-3-5-4-2;1-3-2;1-2/h3-5H2,1-2H3;3H2,1-2H3;2H2,1H3. The monoisotopic (exact) mass is 147 g/mol. The van der Waals surface area contributed by atoms with Crippen molar-refractivity contribution in [3.63, 3.8) is 0 Å². The van der Waals surface area contributed by atoms with Crippen molar-refractivity contribution in [2.45, 2.75) is 53.4 Å². The lowest BCUT2D eigenvalue weighted by atomic mass is 10.3. The highest BCUT2D eigenvalue weighted by molar-refractivity contribution is 4.24. The quantitative estimate of drug-likeness (QED) is 0.638. The van der Waals surface area contributed by atoms with Crippen molar-refractivity contribution in [3.05, 3.63) is 0 Å². The van der Waals surface area contributed by atoms with E-state index < -0.39 is 0 Å². The van der Waals surface area contributed by atoms with Crippen molar-refractivity contribution in [3.8, 4) is 0 Å². The number of rotatable bonds is 2. The third kappa shape index (κ3) is 100. The van der Waals surface area contributed by atoms with Gasteiger partial charge in [0.05, 0.1) is 0 Å². The van der Waals surface area contributed by atoms with Crippen molar-refractivity contribution in [1.82, 2.24) is 0 Å². The van der Waals surface area contributed by atoms with Crippen LogP contribution in [-0.4, -0.2) is 7.05 Å². The van der Waals surface area contributed by atoms with Crippen LogP contribution in [-0.2, 0) is 0 Å². The van der Waals surface area contributed by atoms with Gasteiger partial charge in [-0.25, -0.2) is 0 Å². The summed E-state index contributed by atoms with van der Waals surface area (Å²) in [7, 11) is 1.50. The van der Waals surface area contributed by atoms with Crippen LogP contribution in [0.1, 0.15) is 53.4 Å². The maximum absolute atomic E-state index is 4.50. The summed E-state index contributed by atoms with van der Waals surface area (Å²) in [6.45, 7) is 8.67. The van der Waals surface area contributed by atoms with Crippen LogP contribution in [0.4, 0.5) is 0 Å². The zero-order valence-corrected chi connectivity index (χ0v) is 8.41. The minimum Gasteiger partial charge on any atom is -0.333 e. The van der Waals surface area contributed by atoms with Crippen molar-refractivity contribution in [2.75, 3.05) is 7.05 Å². The van der Waals surface area contributed by atoms with Crippen molar-refractivity contribution >= 4 is 0 Å². The van der Waals surface area contributed by atoms with Crippen LogP contribution in [0.2, 0.25) is 0 Å². The Morgan fingerprint density at radius 2 is 1.00 bits per heavy atom. The average molecular weight is 147 g/mol. The van der Waals surface area contributed by atoms with E-state index in [1.807, 2.05) is 0 Å². The molecule has 0 aliphatic heterocycles. The smallest absolute Gasteiger partial charge is 0.0195 e. The molecule has 2 N–H and O–H groups in total. The molecule has 1 nitrogen and oxygen atoms in total. The lowest BCUT2D eigenvalue weighted by molar-refractivity contribution is 0.772. The molecule has 0 saturated heterocycles. The molecular weight excluding hydrogens is 122 g/mol. The fourth-order valence-electron chi connectivity index (χ4n) is 0.354. The molecular formula is C9H25N. The molecule has 0 fully saturated rings. The van der Waals surface area contributed by atoms with Crippen molar-refractivity contribution in [2.24, 2.45) is 5.73 Å². The van der Waals surface area contributed by atoms with Gasteiger partial charge in [-0.1, -0.05) is 53.4 Å². The molecule has 0 aromatic rings. The third-order valence-electron chi connectivity index (χ3n) is 0.707. The first kappa shape index (κ1) is 16.5. The van der Waals surface area contributed by atoms with E-state index in [1.54, 1.807) is 0 Å². The number of hydrogen-bond acceptors (Lipinski definition) is 1. The van der Waals surface area contributed by atoms with Gasteiger partial charge in [-0.05, 0) is 7.05 Å². The summed E-state index contributed by atoms with van der Waals surface area (Å²) in [5.41, 5.74) is 4.50. The summed E-state index contributed by atoms with van der Waals surface area (Å²) in [5.74, 6) is 0. The maximum Gasteiger partial charge on any atom is -0.0195 e. The zero-order chi connectivity index (χ0) is 8.83. The fraction of sp³-hybridized carbons (Fsp3) is 1.00. The normalized spacial score (nSPS) is 6.60. The largest absolute Gasteiger partial charge is 0.333 e. The molecule has 0 heterocycles. The highest BCUT2D eigenvalue weighted by Gasteiger charge is 1.68.